The number of hydrogen-bond donors (Lipinski definition) is 2. The Kier molecular flexibility index (Phi) is 7.88. The minimum Gasteiger partial charge on any atom is -0.378 e. The number of nitrogens with zero attached hydrogens (tertiary/aromatic N) is 4. The van der Waals surface area contributed by atoms with Crippen molar-refractivity contribution in [3.05, 3.63) is 108 Å². The van der Waals surface area contributed by atoms with E-state index in [1.165, 1.54) is 5.56 Å². The predicted octanol–water partition coefficient (Wildman–Crippen LogP) is 6.47. The predicted molar refractivity (Wildman–Crippen MR) is 173 cm³/mol. The fraction of sp³-hybridized carbons (Fsp3) is 0.257. The molecule has 224 valence electrons. The molecule has 3 heterocycles. The number of nitrogens with one attached hydrogen (secondary N) is 2. The lowest BCUT2D eigenvalue weighted by Crippen LogP contribution is -2.40. The molecule has 3 aromatic carbocycles. The van der Waals surface area contributed by atoms with E-state index in [4.69, 9.17) is 9.72 Å². The Bertz CT molecular complexity index is 1810. The molecule has 1 aliphatic rings. The van der Waals surface area contributed by atoms with Crippen molar-refractivity contribution in [2.75, 3.05) is 36.9 Å². The van der Waals surface area contributed by atoms with E-state index in [0.29, 0.717) is 48.9 Å². The molecular weight excluding hydrogens is 552 g/mol. The number of fused-ring (bicyclic) bond motifs is 1. The van der Waals surface area contributed by atoms with Gasteiger partial charge in [0.15, 0.2) is 11.5 Å². The number of amides is 2. The number of benzene rings is 3. The summed E-state index contributed by atoms with van der Waals surface area (Å²) in [6.07, 6.45) is 5.53. The number of carbonyl (C=O) groups excluding carboxylic acids is 2. The first kappa shape index (κ1) is 29.1. The van der Waals surface area contributed by atoms with E-state index in [9.17, 15) is 9.59 Å². The van der Waals surface area contributed by atoms with Crippen molar-refractivity contribution in [3.63, 3.8) is 0 Å². The third-order valence-corrected chi connectivity index (χ3v) is 7.94. The van der Waals surface area contributed by atoms with E-state index < -0.39 is 0 Å². The minimum atomic E-state index is -0.165. The van der Waals surface area contributed by atoms with Gasteiger partial charge in [-0.3, -0.25) is 9.59 Å². The zero-order valence-corrected chi connectivity index (χ0v) is 25.4. The lowest BCUT2D eigenvalue weighted by molar-refractivity contribution is 0.0303. The zero-order valence-electron chi connectivity index (χ0n) is 25.4. The van der Waals surface area contributed by atoms with Crippen LogP contribution >= 0.6 is 0 Å². The van der Waals surface area contributed by atoms with Gasteiger partial charge in [0.2, 0.25) is 0 Å². The Labute approximate surface area is 256 Å². The first-order valence-corrected chi connectivity index (χ1v) is 14.8. The number of hydrogen-bond acceptors (Lipinski definition) is 6. The third-order valence-electron chi connectivity index (χ3n) is 7.94. The fourth-order valence-corrected chi connectivity index (χ4v) is 5.29. The molecule has 2 N–H and O–H groups in total. The summed E-state index contributed by atoms with van der Waals surface area (Å²) >= 11 is 0. The molecule has 1 fully saturated rings. The van der Waals surface area contributed by atoms with Crippen molar-refractivity contribution >= 4 is 34.7 Å². The Morgan fingerprint density at radius 3 is 2.32 bits per heavy atom. The average molecular weight is 589 g/mol. The quantitative estimate of drug-likeness (QED) is 0.236. The summed E-state index contributed by atoms with van der Waals surface area (Å²) < 4.78 is 7.28. The van der Waals surface area contributed by atoms with Crippen LogP contribution in [-0.2, 0) is 10.2 Å². The molecule has 44 heavy (non-hydrogen) atoms. The second kappa shape index (κ2) is 11.9. The first-order chi connectivity index (χ1) is 21.2. The largest absolute Gasteiger partial charge is 0.378 e. The number of ether oxygens (including phenoxy) is 1. The number of anilines is 3. The highest BCUT2D eigenvalue weighted by Crippen LogP contribution is 2.31. The van der Waals surface area contributed by atoms with E-state index in [2.05, 4.69) is 36.4 Å². The highest BCUT2D eigenvalue weighted by molar-refractivity contribution is 6.05. The van der Waals surface area contributed by atoms with E-state index in [-0.39, 0.29) is 17.2 Å². The Balaban J connectivity index is 1.24. The normalized spacial score (nSPS) is 13.6. The molecule has 0 atom stereocenters. The molecule has 2 aromatic heterocycles. The van der Waals surface area contributed by atoms with Crippen molar-refractivity contribution in [1.82, 2.24) is 19.3 Å². The maximum Gasteiger partial charge on any atom is 0.255 e. The summed E-state index contributed by atoms with van der Waals surface area (Å²) in [6, 6.07) is 20.9. The summed E-state index contributed by atoms with van der Waals surface area (Å²) in [6.45, 7) is 10.8. The molecule has 0 unspecified atom stereocenters. The maximum absolute atomic E-state index is 13.2. The topological polar surface area (TPSA) is 101 Å². The maximum atomic E-state index is 13.2. The van der Waals surface area contributed by atoms with Crippen LogP contribution in [0.25, 0.3) is 16.9 Å². The molecule has 1 saturated heterocycles. The van der Waals surface area contributed by atoms with Gasteiger partial charge in [-0.15, -0.1) is 0 Å². The van der Waals surface area contributed by atoms with E-state index in [0.717, 1.165) is 28.2 Å². The highest BCUT2D eigenvalue weighted by Gasteiger charge is 2.19. The van der Waals surface area contributed by atoms with Crippen LogP contribution in [0.4, 0.5) is 17.2 Å². The van der Waals surface area contributed by atoms with Crippen LogP contribution in [0, 0.1) is 6.92 Å². The van der Waals surface area contributed by atoms with E-state index in [1.807, 2.05) is 95.3 Å². The SMILES string of the molecule is Cc1c(NC(=O)c2ccc(C(C)(C)C)cc2)cccc1-c1cn2ccnc2c(Nc2ccc(C(=O)N3CCOCC3)cc2)n1. The van der Waals surface area contributed by atoms with Crippen LogP contribution in [-0.4, -0.2) is 57.4 Å². The van der Waals surface area contributed by atoms with Crippen molar-refractivity contribution in [2.45, 2.75) is 33.1 Å². The van der Waals surface area contributed by atoms with Crippen molar-refractivity contribution < 1.29 is 14.3 Å². The summed E-state index contributed by atoms with van der Waals surface area (Å²) in [7, 11) is 0. The van der Waals surface area contributed by atoms with Gasteiger partial charge in [0.25, 0.3) is 11.8 Å². The summed E-state index contributed by atoms with van der Waals surface area (Å²) in [4.78, 5) is 37.3. The summed E-state index contributed by atoms with van der Waals surface area (Å²) in [5, 5.41) is 6.46. The van der Waals surface area contributed by atoms with Crippen LogP contribution in [0.2, 0.25) is 0 Å². The van der Waals surface area contributed by atoms with Gasteiger partial charge in [0.1, 0.15) is 0 Å². The Morgan fingerprint density at radius 1 is 0.909 bits per heavy atom. The first-order valence-electron chi connectivity index (χ1n) is 14.8. The van der Waals surface area contributed by atoms with Crippen LogP contribution in [0.15, 0.2) is 85.3 Å². The van der Waals surface area contributed by atoms with Crippen LogP contribution in [0.3, 0.4) is 0 Å². The van der Waals surface area contributed by atoms with Crippen molar-refractivity contribution in [2.24, 2.45) is 0 Å². The highest BCUT2D eigenvalue weighted by atomic mass is 16.5. The smallest absolute Gasteiger partial charge is 0.255 e. The van der Waals surface area contributed by atoms with Gasteiger partial charge in [0, 0.05) is 59.7 Å². The molecule has 5 aromatic rings. The molecule has 2 amide bonds. The molecule has 0 saturated carbocycles. The zero-order chi connectivity index (χ0) is 30.8. The number of rotatable bonds is 6. The van der Waals surface area contributed by atoms with Gasteiger partial charge in [-0.1, -0.05) is 45.0 Å². The minimum absolute atomic E-state index is 0.00000959. The second-order valence-electron chi connectivity index (χ2n) is 12.0. The van der Waals surface area contributed by atoms with Gasteiger partial charge in [-0.05, 0) is 65.9 Å². The van der Waals surface area contributed by atoms with Gasteiger partial charge < -0.3 is 24.7 Å². The molecule has 1 aliphatic heterocycles. The van der Waals surface area contributed by atoms with Gasteiger partial charge in [-0.25, -0.2) is 9.97 Å². The van der Waals surface area contributed by atoms with Crippen molar-refractivity contribution in [1.29, 1.82) is 0 Å². The summed E-state index contributed by atoms with van der Waals surface area (Å²) in [5.74, 6) is 0.411. The molecular formula is C35H36N6O3. The molecule has 6 rings (SSSR count). The van der Waals surface area contributed by atoms with Crippen LogP contribution in [0.1, 0.15) is 52.6 Å². The lowest BCUT2D eigenvalue weighted by atomic mass is 9.86. The van der Waals surface area contributed by atoms with Gasteiger partial charge in [0.05, 0.1) is 18.9 Å². The number of morpholine rings is 1. The molecule has 0 aliphatic carbocycles. The fourth-order valence-electron chi connectivity index (χ4n) is 5.29. The van der Waals surface area contributed by atoms with Crippen LogP contribution < -0.4 is 10.6 Å². The Hall–Kier alpha value is -5.02. The third kappa shape index (κ3) is 6.05. The summed E-state index contributed by atoms with van der Waals surface area (Å²) in [5.41, 5.74) is 7.10. The van der Waals surface area contributed by atoms with Crippen LogP contribution in [0.5, 0.6) is 0 Å². The molecule has 9 heteroatoms. The number of imidazole rings is 1. The molecule has 9 nitrogen and oxygen atoms in total. The standard InChI is InChI=1S/C35H36N6O3/c1-23-28(6-5-7-29(23)39-33(42)24-8-12-26(13-9-24)35(2,3)4)30-22-41-17-16-36-32(41)31(38-30)37-27-14-10-25(11-15-27)34(43)40-18-20-44-21-19-40/h5-17,22H,18-21H2,1-4H3,(H,37,38)(H,39,42). The second-order valence-corrected chi connectivity index (χ2v) is 12.0. The monoisotopic (exact) mass is 588 g/mol. The number of carbonyl (C=O) groups is 2. The molecule has 0 spiro atoms. The average Bonchev–Trinajstić information content (AvgIpc) is 3.51. The van der Waals surface area contributed by atoms with Gasteiger partial charge >= 0.3 is 0 Å². The Morgan fingerprint density at radius 2 is 1.61 bits per heavy atom. The van der Waals surface area contributed by atoms with E-state index >= 15 is 0 Å². The lowest BCUT2D eigenvalue weighted by Gasteiger charge is -2.26. The number of aromatic nitrogens is 3. The van der Waals surface area contributed by atoms with Gasteiger partial charge in [-0.2, -0.15) is 0 Å². The molecule has 0 bridgehead atoms. The van der Waals surface area contributed by atoms with Crippen molar-refractivity contribution in [3.8, 4) is 11.3 Å². The van der Waals surface area contributed by atoms with E-state index in [1.54, 1.807) is 6.20 Å². The molecule has 0 radical (unpaired) electrons.